The molecule has 0 aromatic heterocycles. The van der Waals surface area contributed by atoms with Crippen molar-refractivity contribution in [1.29, 1.82) is 0 Å². The van der Waals surface area contributed by atoms with E-state index in [1.54, 1.807) is 0 Å². The van der Waals surface area contributed by atoms with Crippen molar-refractivity contribution < 1.29 is 0 Å². The van der Waals surface area contributed by atoms with Crippen molar-refractivity contribution in [3.8, 4) is 0 Å². The van der Waals surface area contributed by atoms with Gasteiger partial charge in [-0.05, 0) is 19.6 Å². The molecule has 0 aromatic rings. The molecule has 56 valence electrons. The molecule has 0 saturated carbocycles. The molecule has 1 unspecified atom stereocenters. The smallest absolute Gasteiger partial charge is 0.223 e. The van der Waals surface area contributed by atoms with Crippen LogP contribution in [0.1, 0.15) is 19.8 Å². The summed E-state index contributed by atoms with van der Waals surface area (Å²) in [6.07, 6.45) is 2.50. The van der Waals surface area contributed by atoms with Crippen LogP contribution in [-0.2, 0) is 0 Å². The fourth-order valence-corrected chi connectivity index (χ4v) is 2.30. The predicted molar refractivity (Wildman–Crippen MR) is 46.2 cm³/mol. The maximum Gasteiger partial charge on any atom is 0.223 e. The first-order valence-corrected chi connectivity index (χ1v) is 7.22. The molecule has 0 fully saturated rings. The number of hydrogen-bond acceptors (Lipinski definition) is 1. The second-order valence-electron chi connectivity index (χ2n) is 2.55. The molecule has 3 heteroatoms. The van der Waals surface area contributed by atoms with Gasteiger partial charge < -0.3 is 4.98 Å². The molecule has 0 saturated heterocycles. The van der Waals surface area contributed by atoms with E-state index in [2.05, 4.69) is 18.5 Å². The molecule has 1 N–H and O–H groups in total. The fourth-order valence-electron chi connectivity index (χ4n) is 0.634. The Morgan fingerprint density at radius 2 is 2.11 bits per heavy atom. The van der Waals surface area contributed by atoms with Crippen molar-refractivity contribution in [3.63, 3.8) is 0 Å². The molecule has 1 atom stereocenters. The van der Waals surface area contributed by atoms with Crippen LogP contribution in [0, 0.1) is 0 Å². The summed E-state index contributed by atoms with van der Waals surface area (Å²) in [6, 6.07) is 1.18. The Labute approximate surface area is 63.6 Å². The molecule has 0 aliphatic heterocycles. The third-order valence-corrected chi connectivity index (χ3v) is 4.99. The van der Waals surface area contributed by atoms with Crippen LogP contribution in [0.2, 0.25) is 12.6 Å². The quantitative estimate of drug-likeness (QED) is 0.498. The van der Waals surface area contributed by atoms with Crippen molar-refractivity contribution in [2.24, 2.45) is 0 Å². The van der Waals surface area contributed by atoms with E-state index in [0.29, 0.717) is 0 Å². The minimum absolute atomic E-state index is 1.18. The number of unbranched alkanes of at least 4 members (excludes halogenated alkanes) is 1. The fraction of sp³-hybridized carbons (Fsp3) is 1.00. The summed E-state index contributed by atoms with van der Waals surface area (Å²) >= 11 is 6.13. The van der Waals surface area contributed by atoms with Crippen LogP contribution in [0.25, 0.3) is 0 Å². The van der Waals surface area contributed by atoms with Crippen molar-refractivity contribution in [2.75, 3.05) is 7.05 Å². The largest absolute Gasteiger partial charge is 0.328 e. The summed E-state index contributed by atoms with van der Waals surface area (Å²) in [5.41, 5.74) is 0. The molecule has 0 bridgehead atoms. The molecule has 1 nitrogen and oxygen atoms in total. The number of rotatable bonds is 4. The first kappa shape index (κ1) is 9.47. The Morgan fingerprint density at radius 1 is 1.56 bits per heavy atom. The summed E-state index contributed by atoms with van der Waals surface area (Å²) in [5.74, 6) is 0. The highest BCUT2D eigenvalue weighted by molar-refractivity contribution is 7.18. The van der Waals surface area contributed by atoms with Gasteiger partial charge in [-0.3, -0.25) is 0 Å². The van der Waals surface area contributed by atoms with E-state index < -0.39 is 7.55 Å². The van der Waals surface area contributed by atoms with Gasteiger partial charge in [0.15, 0.2) is 0 Å². The van der Waals surface area contributed by atoms with Crippen LogP contribution in [0.3, 0.4) is 0 Å². The average Bonchev–Trinajstić information content (AvgIpc) is 1.84. The van der Waals surface area contributed by atoms with Crippen LogP contribution in [0.4, 0.5) is 0 Å². The van der Waals surface area contributed by atoms with E-state index in [9.17, 15) is 0 Å². The van der Waals surface area contributed by atoms with Gasteiger partial charge in [-0.25, -0.2) is 0 Å². The molecule has 0 aliphatic carbocycles. The first-order valence-electron chi connectivity index (χ1n) is 3.50. The standard InChI is InChI=1S/C6H16ClNSi/c1-4-5-6-9(3,7)8-2/h8H,4-6H2,1-3H3. The van der Waals surface area contributed by atoms with Gasteiger partial charge >= 0.3 is 0 Å². The van der Waals surface area contributed by atoms with Gasteiger partial charge in [0.05, 0.1) is 0 Å². The van der Waals surface area contributed by atoms with Gasteiger partial charge in [-0.1, -0.05) is 19.8 Å². The second-order valence-corrected chi connectivity index (χ2v) is 8.45. The number of nitrogens with one attached hydrogen (secondary N) is 1. The lowest BCUT2D eigenvalue weighted by Crippen LogP contribution is -2.38. The topological polar surface area (TPSA) is 12.0 Å². The molecule has 0 heterocycles. The Balaban J connectivity index is 3.33. The first-order chi connectivity index (χ1) is 4.12. The van der Waals surface area contributed by atoms with Gasteiger partial charge in [0.1, 0.15) is 0 Å². The van der Waals surface area contributed by atoms with E-state index in [-0.39, 0.29) is 0 Å². The molecular formula is C6H16ClNSi. The molecule has 0 aliphatic rings. The van der Waals surface area contributed by atoms with Crippen molar-refractivity contribution >= 4 is 18.6 Å². The van der Waals surface area contributed by atoms with Crippen molar-refractivity contribution in [2.45, 2.75) is 32.4 Å². The monoisotopic (exact) mass is 165 g/mol. The number of hydrogen-bond donors (Lipinski definition) is 1. The van der Waals surface area contributed by atoms with E-state index in [4.69, 9.17) is 11.1 Å². The molecule has 0 spiro atoms. The Morgan fingerprint density at radius 3 is 2.44 bits per heavy atom. The zero-order valence-electron chi connectivity index (χ0n) is 6.50. The highest BCUT2D eigenvalue weighted by atomic mass is 35.6. The molecule has 0 radical (unpaired) electrons. The highest BCUT2D eigenvalue weighted by Gasteiger charge is 2.20. The average molecular weight is 166 g/mol. The summed E-state index contributed by atoms with van der Waals surface area (Å²) < 4.78 is 0. The minimum atomic E-state index is -1.48. The van der Waals surface area contributed by atoms with Crippen molar-refractivity contribution in [3.05, 3.63) is 0 Å². The maximum atomic E-state index is 6.13. The van der Waals surface area contributed by atoms with Crippen LogP contribution in [0.5, 0.6) is 0 Å². The van der Waals surface area contributed by atoms with Crippen molar-refractivity contribution in [1.82, 2.24) is 4.98 Å². The zero-order chi connectivity index (χ0) is 7.33. The SMILES string of the molecule is CCCC[Si](C)(Cl)NC. The van der Waals surface area contributed by atoms with E-state index in [1.165, 1.54) is 18.9 Å². The maximum absolute atomic E-state index is 6.13. The third kappa shape index (κ3) is 4.94. The van der Waals surface area contributed by atoms with Crippen LogP contribution >= 0.6 is 11.1 Å². The van der Waals surface area contributed by atoms with Crippen LogP contribution in [0.15, 0.2) is 0 Å². The molecular weight excluding hydrogens is 150 g/mol. The van der Waals surface area contributed by atoms with E-state index in [1.807, 2.05) is 7.05 Å². The zero-order valence-corrected chi connectivity index (χ0v) is 8.26. The lowest BCUT2D eigenvalue weighted by atomic mass is 10.4. The molecule has 0 amide bonds. The van der Waals surface area contributed by atoms with E-state index >= 15 is 0 Å². The third-order valence-electron chi connectivity index (χ3n) is 1.52. The van der Waals surface area contributed by atoms with Gasteiger partial charge in [0.25, 0.3) is 0 Å². The van der Waals surface area contributed by atoms with Crippen LogP contribution < -0.4 is 4.98 Å². The molecule has 0 aromatic carbocycles. The minimum Gasteiger partial charge on any atom is -0.328 e. The lowest BCUT2D eigenvalue weighted by molar-refractivity contribution is 0.862. The Hall–Kier alpha value is 0.467. The normalized spacial score (nSPS) is 17.3. The summed E-state index contributed by atoms with van der Waals surface area (Å²) in [4.78, 5) is 3.18. The van der Waals surface area contributed by atoms with E-state index in [0.717, 1.165) is 0 Å². The van der Waals surface area contributed by atoms with Gasteiger partial charge in [0, 0.05) is 0 Å². The summed E-state index contributed by atoms with van der Waals surface area (Å²) in [7, 11) is 0.477. The summed E-state index contributed by atoms with van der Waals surface area (Å²) in [6.45, 7) is 4.33. The Kier molecular flexibility index (Phi) is 4.53. The van der Waals surface area contributed by atoms with Gasteiger partial charge in [0.2, 0.25) is 7.55 Å². The Bertz CT molecular complexity index is 75.5. The summed E-state index contributed by atoms with van der Waals surface area (Å²) in [5, 5.41) is 0. The molecule has 0 rings (SSSR count). The lowest BCUT2D eigenvalue weighted by Gasteiger charge is -2.16. The highest BCUT2D eigenvalue weighted by Crippen LogP contribution is 2.13. The van der Waals surface area contributed by atoms with Crippen LogP contribution in [-0.4, -0.2) is 14.6 Å². The van der Waals surface area contributed by atoms with Gasteiger partial charge in [-0.15, -0.1) is 11.1 Å². The van der Waals surface area contributed by atoms with Gasteiger partial charge in [-0.2, -0.15) is 0 Å². The molecule has 9 heavy (non-hydrogen) atoms. The predicted octanol–water partition coefficient (Wildman–Crippen LogP) is 2.32. The second kappa shape index (κ2) is 4.31. The number of halogens is 1.